The van der Waals surface area contributed by atoms with Gasteiger partial charge in [0.1, 0.15) is 11.4 Å². The van der Waals surface area contributed by atoms with Crippen LogP contribution in [0.15, 0.2) is 41.3 Å². The number of carboxylic acid groups (broad SMARTS) is 1. The van der Waals surface area contributed by atoms with E-state index in [1.165, 1.54) is 23.6 Å². The van der Waals surface area contributed by atoms with E-state index in [-0.39, 0.29) is 16.5 Å². The molecule has 0 aliphatic rings. The average Bonchev–Trinajstić information content (AvgIpc) is 2.53. The van der Waals surface area contributed by atoms with Gasteiger partial charge in [0, 0.05) is 23.5 Å². The van der Waals surface area contributed by atoms with Crippen LogP contribution in [0.1, 0.15) is 15.9 Å². The lowest BCUT2D eigenvalue weighted by Gasteiger charge is -2.14. The number of halogens is 3. The van der Waals surface area contributed by atoms with Crippen molar-refractivity contribution in [2.75, 3.05) is 0 Å². The van der Waals surface area contributed by atoms with E-state index in [2.05, 4.69) is 0 Å². The van der Waals surface area contributed by atoms with Gasteiger partial charge < -0.3 is 9.67 Å². The number of aryl methyl sites for hydroxylation is 1. The maximum atomic E-state index is 13.8. The van der Waals surface area contributed by atoms with Crippen molar-refractivity contribution in [3.8, 4) is 5.69 Å². The fraction of sp³-hybridized carbons (Fsp3) is 0.0588. The molecule has 7 heteroatoms. The molecule has 122 valence electrons. The van der Waals surface area contributed by atoms with Gasteiger partial charge in [-0.1, -0.05) is 0 Å². The molecule has 1 N–H and O–H groups in total. The van der Waals surface area contributed by atoms with Crippen LogP contribution in [0.4, 0.5) is 13.2 Å². The predicted molar refractivity (Wildman–Crippen MR) is 81.1 cm³/mol. The second kappa shape index (κ2) is 5.52. The van der Waals surface area contributed by atoms with E-state index in [1.54, 1.807) is 0 Å². The van der Waals surface area contributed by atoms with E-state index in [9.17, 15) is 27.9 Å². The third kappa shape index (κ3) is 2.34. The molecule has 0 radical (unpaired) electrons. The maximum Gasteiger partial charge on any atom is 0.341 e. The molecule has 0 fully saturated rings. The van der Waals surface area contributed by atoms with Gasteiger partial charge in [-0.05, 0) is 31.2 Å². The summed E-state index contributed by atoms with van der Waals surface area (Å²) in [6.45, 7) is 1.20. The number of benzene rings is 2. The Morgan fingerprint density at radius 3 is 2.33 bits per heavy atom. The molecule has 0 aliphatic carbocycles. The van der Waals surface area contributed by atoms with Crippen molar-refractivity contribution in [2.45, 2.75) is 6.92 Å². The number of carbonyl (C=O) groups is 1. The number of pyridine rings is 1. The van der Waals surface area contributed by atoms with Gasteiger partial charge in [0.15, 0.2) is 11.6 Å². The molecule has 0 saturated carbocycles. The Labute approximate surface area is 133 Å². The van der Waals surface area contributed by atoms with Gasteiger partial charge >= 0.3 is 5.97 Å². The molecular weight excluding hydrogens is 323 g/mol. The van der Waals surface area contributed by atoms with Crippen LogP contribution in [0.3, 0.4) is 0 Å². The van der Waals surface area contributed by atoms with Gasteiger partial charge in [-0.3, -0.25) is 4.79 Å². The third-order valence-corrected chi connectivity index (χ3v) is 3.76. The van der Waals surface area contributed by atoms with Crippen LogP contribution in [0, 0.1) is 24.4 Å². The first-order valence-corrected chi connectivity index (χ1v) is 6.84. The summed E-state index contributed by atoms with van der Waals surface area (Å²) >= 11 is 0. The Morgan fingerprint density at radius 1 is 1.12 bits per heavy atom. The average molecular weight is 333 g/mol. The van der Waals surface area contributed by atoms with Gasteiger partial charge in [0.25, 0.3) is 0 Å². The van der Waals surface area contributed by atoms with Crippen molar-refractivity contribution >= 4 is 16.9 Å². The zero-order valence-electron chi connectivity index (χ0n) is 12.3. The molecule has 2 aromatic carbocycles. The lowest BCUT2D eigenvalue weighted by atomic mass is 10.0. The Balaban J connectivity index is 2.53. The summed E-state index contributed by atoms with van der Waals surface area (Å²) in [5, 5.41) is 8.98. The fourth-order valence-corrected chi connectivity index (χ4v) is 2.57. The van der Waals surface area contributed by atoms with Crippen molar-refractivity contribution in [2.24, 2.45) is 0 Å². The highest BCUT2D eigenvalue weighted by molar-refractivity contribution is 5.94. The van der Waals surface area contributed by atoms with Crippen LogP contribution in [0.5, 0.6) is 0 Å². The van der Waals surface area contributed by atoms with Crippen molar-refractivity contribution in [3.05, 3.63) is 75.3 Å². The zero-order chi connectivity index (χ0) is 17.6. The first-order valence-electron chi connectivity index (χ1n) is 6.84. The first-order chi connectivity index (χ1) is 11.3. The number of rotatable bonds is 2. The van der Waals surface area contributed by atoms with Crippen LogP contribution >= 0.6 is 0 Å². The van der Waals surface area contributed by atoms with E-state index >= 15 is 0 Å². The summed E-state index contributed by atoms with van der Waals surface area (Å²) in [5.41, 5.74) is -1.50. The lowest BCUT2D eigenvalue weighted by Crippen LogP contribution is -2.20. The van der Waals surface area contributed by atoms with Crippen LogP contribution in [0.25, 0.3) is 16.6 Å². The van der Waals surface area contributed by atoms with Crippen molar-refractivity contribution in [1.82, 2.24) is 4.57 Å². The highest BCUT2D eigenvalue weighted by atomic mass is 19.2. The Hall–Kier alpha value is -3.09. The zero-order valence-corrected chi connectivity index (χ0v) is 12.3. The third-order valence-electron chi connectivity index (χ3n) is 3.76. The Kier molecular flexibility index (Phi) is 3.63. The van der Waals surface area contributed by atoms with Crippen LogP contribution in [-0.4, -0.2) is 15.6 Å². The van der Waals surface area contributed by atoms with Crippen LogP contribution in [-0.2, 0) is 0 Å². The van der Waals surface area contributed by atoms with Crippen LogP contribution in [0.2, 0.25) is 0 Å². The number of carboxylic acids is 1. The number of fused-ring (bicyclic) bond motifs is 1. The topological polar surface area (TPSA) is 59.3 Å². The first kappa shape index (κ1) is 15.8. The predicted octanol–water partition coefficient (Wildman–Crippen LogP) is 3.41. The molecule has 1 aromatic heterocycles. The highest BCUT2D eigenvalue weighted by Gasteiger charge is 2.20. The van der Waals surface area contributed by atoms with Gasteiger partial charge in [0.2, 0.25) is 5.43 Å². The molecular formula is C17H10F3NO3. The molecule has 0 bridgehead atoms. The van der Waals surface area contributed by atoms with E-state index in [4.69, 9.17) is 0 Å². The number of aromatic carboxylic acids is 1. The SMILES string of the molecule is Cc1c(F)c(F)cc2c1c(=O)c(C(=O)O)cn2-c1ccc(F)cc1. The molecule has 0 spiro atoms. The summed E-state index contributed by atoms with van der Waals surface area (Å²) in [5.74, 6) is -4.40. The second-order valence-electron chi connectivity index (χ2n) is 5.21. The standard InChI is InChI=1S/C17H10F3NO3/c1-8-14-13(6-12(19)15(8)20)21(7-11(16(14)22)17(23)24)10-4-2-9(18)3-5-10/h2-7H,1H3,(H,23,24). The molecule has 0 unspecified atom stereocenters. The van der Waals surface area contributed by atoms with E-state index in [0.29, 0.717) is 5.69 Å². The summed E-state index contributed by atoms with van der Waals surface area (Å²) in [6, 6.07) is 5.75. The molecule has 3 aromatic rings. The molecule has 1 heterocycles. The molecule has 0 amide bonds. The second-order valence-corrected chi connectivity index (χ2v) is 5.21. The number of hydrogen-bond donors (Lipinski definition) is 1. The number of hydrogen-bond acceptors (Lipinski definition) is 2. The minimum atomic E-state index is -1.50. The van der Waals surface area contributed by atoms with Gasteiger partial charge in [-0.25, -0.2) is 18.0 Å². The van der Waals surface area contributed by atoms with Gasteiger partial charge in [-0.2, -0.15) is 0 Å². The normalized spacial score (nSPS) is 11.0. The molecule has 0 aliphatic heterocycles. The number of nitrogens with zero attached hydrogens (tertiary/aromatic N) is 1. The molecule has 0 saturated heterocycles. The van der Waals surface area contributed by atoms with Crippen molar-refractivity contribution in [1.29, 1.82) is 0 Å². The maximum absolute atomic E-state index is 13.8. The minimum Gasteiger partial charge on any atom is -0.477 e. The lowest BCUT2D eigenvalue weighted by molar-refractivity contribution is 0.0695. The van der Waals surface area contributed by atoms with Crippen molar-refractivity contribution < 1.29 is 23.1 Å². The van der Waals surface area contributed by atoms with E-state index in [0.717, 1.165) is 24.4 Å². The summed E-state index contributed by atoms with van der Waals surface area (Å²) in [7, 11) is 0. The summed E-state index contributed by atoms with van der Waals surface area (Å²) in [6.07, 6.45) is 1.01. The summed E-state index contributed by atoms with van der Waals surface area (Å²) < 4.78 is 42.0. The molecule has 3 rings (SSSR count). The monoisotopic (exact) mass is 333 g/mol. The van der Waals surface area contributed by atoms with E-state index < -0.39 is 34.4 Å². The number of aromatic nitrogens is 1. The van der Waals surface area contributed by atoms with Gasteiger partial charge in [0.05, 0.1) is 10.9 Å². The van der Waals surface area contributed by atoms with E-state index in [1.807, 2.05) is 0 Å². The van der Waals surface area contributed by atoms with Gasteiger partial charge in [-0.15, -0.1) is 0 Å². The molecule has 24 heavy (non-hydrogen) atoms. The molecule has 4 nitrogen and oxygen atoms in total. The summed E-state index contributed by atoms with van der Waals surface area (Å²) in [4.78, 5) is 23.7. The Bertz CT molecular complexity index is 1040. The minimum absolute atomic E-state index is 0.00647. The largest absolute Gasteiger partial charge is 0.477 e. The Morgan fingerprint density at radius 2 is 1.75 bits per heavy atom. The molecule has 0 atom stereocenters. The smallest absolute Gasteiger partial charge is 0.341 e. The quantitative estimate of drug-likeness (QED) is 0.782. The van der Waals surface area contributed by atoms with Crippen molar-refractivity contribution in [3.63, 3.8) is 0 Å². The highest BCUT2D eigenvalue weighted by Crippen LogP contribution is 2.24. The van der Waals surface area contributed by atoms with Crippen LogP contribution < -0.4 is 5.43 Å². The fourth-order valence-electron chi connectivity index (χ4n) is 2.57.